The van der Waals surface area contributed by atoms with Gasteiger partial charge < -0.3 is 4.57 Å². The molecule has 26 heavy (non-hydrogen) atoms. The number of rotatable bonds is 10. The van der Waals surface area contributed by atoms with Crippen LogP contribution in [0.3, 0.4) is 0 Å². The van der Waals surface area contributed by atoms with Gasteiger partial charge in [0.25, 0.3) is 0 Å². The van der Waals surface area contributed by atoms with Crippen molar-refractivity contribution in [3.05, 3.63) is 58.6 Å². The van der Waals surface area contributed by atoms with Crippen LogP contribution in [0.5, 0.6) is 0 Å². The molecule has 2 aromatic carbocycles. The first-order valence-corrected chi connectivity index (χ1v) is 12.0. The molecule has 0 radical (unpaired) electrons. The Bertz CT molecular complexity index is 658. The van der Waals surface area contributed by atoms with Crippen molar-refractivity contribution < 1.29 is 4.57 Å². The van der Waals surface area contributed by atoms with Crippen molar-refractivity contribution in [3.63, 3.8) is 0 Å². The summed E-state index contributed by atoms with van der Waals surface area (Å²) < 4.78 is 14.2. The van der Waals surface area contributed by atoms with E-state index in [2.05, 4.69) is 18.7 Å². The Kier molecular flexibility index (Phi) is 8.70. The molecule has 0 amide bonds. The highest BCUT2D eigenvalue weighted by Gasteiger charge is 2.29. The van der Waals surface area contributed by atoms with Gasteiger partial charge in [0.05, 0.1) is 6.29 Å². The molecular formula is C21H28Cl2NOP. The Hall–Kier alpha value is -0.790. The van der Waals surface area contributed by atoms with Crippen molar-refractivity contribution in [2.45, 2.75) is 39.5 Å². The predicted molar refractivity (Wildman–Crippen MR) is 116 cm³/mol. The van der Waals surface area contributed by atoms with Gasteiger partial charge in [-0.1, -0.05) is 49.9 Å². The molecule has 2 aromatic rings. The van der Waals surface area contributed by atoms with Gasteiger partial charge >= 0.3 is 0 Å². The topological polar surface area (TPSA) is 20.3 Å². The normalized spacial score (nSPS) is 11.9. The molecule has 2 nitrogen and oxygen atoms in total. The third kappa shape index (κ3) is 5.86. The van der Waals surface area contributed by atoms with E-state index in [9.17, 15) is 4.57 Å². The number of halogens is 2. The third-order valence-electron chi connectivity index (χ3n) is 4.54. The fourth-order valence-electron chi connectivity index (χ4n) is 2.97. The fraction of sp³-hybridized carbons (Fsp3) is 0.429. The average Bonchev–Trinajstić information content (AvgIpc) is 2.64. The van der Waals surface area contributed by atoms with Crippen LogP contribution in [0.25, 0.3) is 0 Å². The van der Waals surface area contributed by atoms with Crippen LogP contribution in [0, 0.1) is 0 Å². The highest BCUT2D eigenvalue weighted by Crippen LogP contribution is 2.44. The third-order valence-corrected chi connectivity index (χ3v) is 8.11. The maximum absolute atomic E-state index is 14.2. The lowest BCUT2D eigenvalue weighted by Crippen LogP contribution is -2.32. The van der Waals surface area contributed by atoms with Gasteiger partial charge in [-0.05, 0) is 74.5 Å². The molecule has 0 heterocycles. The molecule has 0 N–H and O–H groups in total. The summed E-state index contributed by atoms with van der Waals surface area (Å²) in [5.41, 5.74) is 0. The molecule has 0 fully saturated rings. The summed E-state index contributed by atoms with van der Waals surface area (Å²) in [4.78, 5) is 2.36. The van der Waals surface area contributed by atoms with E-state index in [1.165, 1.54) is 0 Å². The minimum atomic E-state index is -2.79. The van der Waals surface area contributed by atoms with E-state index < -0.39 is 7.14 Å². The molecule has 142 valence electrons. The van der Waals surface area contributed by atoms with Gasteiger partial charge in [0.15, 0.2) is 7.14 Å². The lowest BCUT2D eigenvalue weighted by molar-refractivity contribution is 0.304. The first-order valence-electron chi connectivity index (χ1n) is 9.33. The number of nitrogens with zero attached hydrogens (tertiary/aromatic N) is 1. The predicted octanol–water partition coefficient (Wildman–Crippen LogP) is 6.17. The van der Waals surface area contributed by atoms with E-state index >= 15 is 0 Å². The van der Waals surface area contributed by atoms with E-state index in [0.29, 0.717) is 16.3 Å². The van der Waals surface area contributed by atoms with Gasteiger partial charge in [-0.25, -0.2) is 0 Å². The number of benzene rings is 2. The van der Waals surface area contributed by atoms with Gasteiger partial charge in [0.2, 0.25) is 0 Å². The van der Waals surface area contributed by atoms with Crippen LogP contribution in [0.15, 0.2) is 48.5 Å². The molecule has 0 spiro atoms. The van der Waals surface area contributed by atoms with Crippen molar-refractivity contribution >= 4 is 41.0 Å². The van der Waals surface area contributed by atoms with Crippen molar-refractivity contribution in [2.24, 2.45) is 0 Å². The Morgan fingerprint density at radius 3 is 1.50 bits per heavy atom. The summed E-state index contributed by atoms with van der Waals surface area (Å²) in [5.74, 6) is 0. The Morgan fingerprint density at radius 2 is 1.15 bits per heavy atom. The number of hydrogen-bond donors (Lipinski definition) is 0. The monoisotopic (exact) mass is 411 g/mol. The summed E-state index contributed by atoms with van der Waals surface area (Å²) in [6.07, 6.45) is 5.05. The molecule has 0 unspecified atom stereocenters. The van der Waals surface area contributed by atoms with Crippen LogP contribution in [0.4, 0.5) is 0 Å². The van der Waals surface area contributed by atoms with Gasteiger partial charge in [-0.2, -0.15) is 0 Å². The average molecular weight is 412 g/mol. The first-order chi connectivity index (χ1) is 12.5. The van der Waals surface area contributed by atoms with Gasteiger partial charge in [-0.3, -0.25) is 4.90 Å². The van der Waals surface area contributed by atoms with Crippen LogP contribution in [0.1, 0.15) is 39.5 Å². The Labute approximate surface area is 167 Å². The van der Waals surface area contributed by atoms with Crippen molar-refractivity contribution in [3.8, 4) is 0 Å². The van der Waals surface area contributed by atoms with E-state index in [1.54, 1.807) is 0 Å². The van der Waals surface area contributed by atoms with Crippen LogP contribution in [-0.4, -0.2) is 24.3 Å². The molecule has 0 aliphatic rings. The highest BCUT2D eigenvalue weighted by molar-refractivity contribution is 7.78. The summed E-state index contributed by atoms with van der Waals surface area (Å²) in [7, 11) is -2.79. The molecule has 0 aromatic heterocycles. The van der Waals surface area contributed by atoms with E-state index in [-0.39, 0.29) is 0 Å². The summed E-state index contributed by atoms with van der Waals surface area (Å²) in [6, 6.07) is 14.9. The maximum atomic E-state index is 14.2. The van der Waals surface area contributed by atoms with Crippen LogP contribution in [-0.2, 0) is 4.57 Å². The molecule has 0 aliphatic heterocycles. The second-order valence-electron chi connectivity index (χ2n) is 6.66. The zero-order valence-corrected chi connectivity index (χ0v) is 18.0. The van der Waals surface area contributed by atoms with Gasteiger partial charge in [0, 0.05) is 20.7 Å². The van der Waals surface area contributed by atoms with Crippen molar-refractivity contribution in [1.82, 2.24) is 4.90 Å². The molecule has 2 rings (SSSR count). The molecule has 5 heteroatoms. The number of unbranched alkanes of at least 4 members (excludes halogenated alkanes) is 2. The standard InChI is InChI=1S/C21H28Cl2NOP/c1-3-5-15-24(16-6-4-2)17-26(25,20-11-7-18(22)8-12-20)21-13-9-19(23)10-14-21/h7-14H,3-6,15-17H2,1-2H3. The minimum Gasteiger partial charge on any atom is -0.312 e. The smallest absolute Gasteiger partial charge is 0.156 e. The van der Waals surface area contributed by atoms with E-state index in [1.807, 2.05) is 48.5 Å². The Morgan fingerprint density at radius 1 is 0.769 bits per heavy atom. The van der Waals surface area contributed by atoms with Gasteiger partial charge in [0.1, 0.15) is 0 Å². The fourth-order valence-corrected chi connectivity index (χ4v) is 5.96. The highest BCUT2D eigenvalue weighted by atomic mass is 35.5. The molecule has 0 bridgehead atoms. The zero-order valence-electron chi connectivity index (χ0n) is 15.6. The maximum Gasteiger partial charge on any atom is 0.156 e. The Balaban J connectivity index is 2.39. The second-order valence-corrected chi connectivity index (χ2v) is 10.3. The van der Waals surface area contributed by atoms with Crippen LogP contribution < -0.4 is 10.6 Å². The molecular weight excluding hydrogens is 384 g/mol. The summed E-state index contributed by atoms with van der Waals surface area (Å²) in [5, 5.41) is 3.01. The first kappa shape index (κ1) is 21.5. The van der Waals surface area contributed by atoms with Crippen LogP contribution in [0.2, 0.25) is 10.0 Å². The molecule has 0 saturated carbocycles. The summed E-state index contributed by atoms with van der Waals surface area (Å²) >= 11 is 12.1. The SMILES string of the molecule is CCCCN(CCCC)CP(=O)(c1ccc(Cl)cc1)c1ccc(Cl)cc1. The zero-order chi connectivity index (χ0) is 19.0. The second kappa shape index (κ2) is 10.5. The molecule has 0 atom stereocenters. The lowest BCUT2D eigenvalue weighted by Gasteiger charge is -2.28. The quantitative estimate of drug-likeness (QED) is 0.435. The molecule has 0 aliphatic carbocycles. The van der Waals surface area contributed by atoms with E-state index in [0.717, 1.165) is 49.4 Å². The minimum absolute atomic E-state index is 0.552. The van der Waals surface area contributed by atoms with Crippen LogP contribution >= 0.6 is 30.3 Å². The van der Waals surface area contributed by atoms with Crippen molar-refractivity contribution in [1.29, 1.82) is 0 Å². The lowest BCUT2D eigenvalue weighted by atomic mass is 10.3. The van der Waals surface area contributed by atoms with Gasteiger partial charge in [-0.15, -0.1) is 0 Å². The van der Waals surface area contributed by atoms with Crippen molar-refractivity contribution in [2.75, 3.05) is 19.4 Å². The number of hydrogen-bond acceptors (Lipinski definition) is 2. The summed E-state index contributed by atoms with van der Waals surface area (Å²) in [6.45, 7) is 6.33. The largest absolute Gasteiger partial charge is 0.312 e. The van der Waals surface area contributed by atoms with E-state index in [4.69, 9.17) is 23.2 Å². The molecule has 0 saturated heterocycles.